The van der Waals surface area contributed by atoms with Crippen molar-refractivity contribution in [2.24, 2.45) is 12.1 Å². The predicted molar refractivity (Wildman–Crippen MR) is 88.7 cm³/mol. The summed E-state index contributed by atoms with van der Waals surface area (Å²) in [5.41, 5.74) is 3.58. The van der Waals surface area contributed by atoms with E-state index < -0.39 is 5.97 Å². The normalized spacial score (nSPS) is 11.3. The first-order valence-corrected chi connectivity index (χ1v) is 7.99. The van der Waals surface area contributed by atoms with Gasteiger partial charge in [-0.1, -0.05) is 15.9 Å². The van der Waals surface area contributed by atoms with Crippen molar-refractivity contribution in [2.45, 2.75) is 12.1 Å². The number of halogens is 1. The summed E-state index contributed by atoms with van der Waals surface area (Å²) >= 11 is 4.44. The molecule has 0 unspecified atom stereocenters. The molecule has 0 radical (unpaired) electrons. The number of thioether (sulfide) groups is 1. The lowest BCUT2D eigenvalue weighted by molar-refractivity contribution is -0.134. The van der Waals surface area contributed by atoms with Crippen molar-refractivity contribution in [3.63, 3.8) is 0 Å². The minimum atomic E-state index is -0.514. The number of nitrogens with zero attached hydrogens (tertiary/aromatic N) is 4. The molecule has 0 aliphatic carbocycles. The molecule has 2 rings (SSSR count). The van der Waals surface area contributed by atoms with Crippen LogP contribution in [0.4, 0.5) is 5.69 Å². The topological polar surface area (TPSA) is 81.4 Å². The highest BCUT2D eigenvalue weighted by atomic mass is 79.9. The van der Waals surface area contributed by atoms with Crippen LogP contribution in [-0.2, 0) is 16.6 Å². The van der Waals surface area contributed by atoms with E-state index in [1.807, 2.05) is 24.3 Å². The van der Waals surface area contributed by atoms with E-state index in [1.165, 1.54) is 0 Å². The van der Waals surface area contributed by atoms with Gasteiger partial charge in [-0.3, -0.25) is 5.43 Å². The smallest absolute Gasteiger partial charge is 0.365 e. The molecular weight excluding hydrogens is 370 g/mol. The first-order valence-electron chi connectivity index (χ1n) is 6.38. The molecule has 22 heavy (non-hydrogen) atoms. The molecule has 2 aromatic rings. The van der Waals surface area contributed by atoms with Gasteiger partial charge in [-0.2, -0.15) is 5.10 Å². The van der Waals surface area contributed by atoms with E-state index in [0.717, 1.165) is 21.9 Å². The van der Waals surface area contributed by atoms with Crippen molar-refractivity contribution in [3.8, 4) is 0 Å². The fourth-order valence-corrected chi connectivity index (χ4v) is 2.34. The number of aromatic nitrogens is 3. The number of aryl methyl sites for hydroxylation is 1. The second-order valence-corrected chi connectivity index (χ2v) is 5.95. The Morgan fingerprint density at radius 2 is 2.18 bits per heavy atom. The van der Waals surface area contributed by atoms with Gasteiger partial charge < -0.3 is 9.30 Å². The van der Waals surface area contributed by atoms with Crippen LogP contribution in [0.25, 0.3) is 0 Å². The molecule has 1 aromatic heterocycles. The number of hydrazone groups is 1. The molecule has 1 aromatic carbocycles. The monoisotopic (exact) mass is 383 g/mol. The average molecular weight is 384 g/mol. The van der Waals surface area contributed by atoms with Crippen LogP contribution in [0.2, 0.25) is 0 Å². The molecule has 0 fully saturated rings. The zero-order valence-electron chi connectivity index (χ0n) is 12.0. The lowest BCUT2D eigenvalue weighted by Crippen LogP contribution is -2.16. The van der Waals surface area contributed by atoms with E-state index >= 15 is 0 Å². The molecule has 1 heterocycles. The summed E-state index contributed by atoms with van der Waals surface area (Å²) in [7, 11) is 1.78. The number of hydrogen-bond acceptors (Lipinski definition) is 7. The number of nitrogens with one attached hydrogen (secondary N) is 1. The summed E-state index contributed by atoms with van der Waals surface area (Å²) in [5, 5.41) is 12.5. The van der Waals surface area contributed by atoms with Crippen LogP contribution in [0.1, 0.15) is 6.92 Å². The zero-order chi connectivity index (χ0) is 15.9. The first kappa shape index (κ1) is 16.5. The van der Waals surface area contributed by atoms with Gasteiger partial charge in [0.2, 0.25) is 5.04 Å². The molecule has 1 N–H and O–H groups in total. The van der Waals surface area contributed by atoms with Crippen molar-refractivity contribution in [1.29, 1.82) is 0 Å². The Labute approximate surface area is 140 Å². The molecule has 0 atom stereocenters. The number of carbonyl (C=O) groups is 1. The highest BCUT2D eigenvalue weighted by Crippen LogP contribution is 2.18. The van der Waals surface area contributed by atoms with Gasteiger partial charge in [0.1, 0.15) is 6.33 Å². The molecule has 0 bridgehead atoms. The van der Waals surface area contributed by atoms with Crippen LogP contribution in [-0.4, -0.2) is 32.4 Å². The summed E-state index contributed by atoms with van der Waals surface area (Å²) in [6, 6.07) is 7.42. The number of rotatable bonds is 4. The molecule has 0 aliphatic heterocycles. The molecule has 7 nitrogen and oxygen atoms in total. The van der Waals surface area contributed by atoms with Gasteiger partial charge in [0.05, 0.1) is 12.3 Å². The quantitative estimate of drug-likeness (QED) is 0.287. The van der Waals surface area contributed by atoms with Gasteiger partial charge in [-0.25, -0.2) is 4.79 Å². The van der Waals surface area contributed by atoms with Gasteiger partial charge in [0, 0.05) is 11.5 Å². The molecule has 0 saturated carbocycles. The Hall–Kier alpha value is -1.87. The van der Waals surface area contributed by atoms with Crippen molar-refractivity contribution in [3.05, 3.63) is 35.1 Å². The van der Waals surface area contributed by atoms with Crippen LogP contribution in [0.15, 0.2) is 45.3 Å². The third-order valence-corrected chi connectivity index (χ3v) is 3.97. The maximum absolute atomic E-state index is 12.0. The predicted octanol–water partition coefficient (Wildman–Crippen LogP) is 2.66. The molecule has 0 saturated heterocycles. The van der Waals surface area contributed by atoms with E-state index in [9.17, 15) is 4.79 Å². The third-order valence-electron chi connectivity index (χ3n) is 2.44. The number of ether oxygens (including phenoxy) is 1. The fourth-order valence-electron chi connectivity index (χ4n) is 1.39. The summed E-state index contributed by atoms with van der Waals surface area (Å²) in [6.07, 6.45) is 1.55. The second kappa shape index (κ2) is 7.95. The Kier molecular flexibility index (Phi) is 5.96. The van der Waals surface area contributed by atoms with Crippen molar-refractivity contribution in [1.82, 2.24) is 14.8 Å². The molecule has 0 spiro atoms. The highest BCUT2D eigenvalue weighted by Gasteiger charge is 2.18. The number of benzene rings is 1. The van der Waals surface area contributed by atoms with Crippen LogP contribution >= 0.6 is 27.7 Å². The zero-order valence-corrected chi connectivity index (χ0v) is 14.4. The van der Waals surface area contributed by atoms with Crippen LogP contribution in [0.5, 0.6) is 0 Å². The molecular formula is C13H14BrN5O2S. The van der Waals surface area contributed by atoms with E-state index in [0.29, 0.717) is 5.16 Å². The standard InChI is InChI=1S/C13H14BrN5O2S/c1-3-21-12(20)11(22-13-18-15-8-19(13)2)17-16-10-6-4-9(14)5-7-10/h4-8,16H,3H2,1-2H3/b17-11-. The van der Waals surface area contributed by atoms with Gasteiger partial charge in [-0.05, 0) is 43.0 Å². The van der Waals surface area contributed by atoms with Crippen LogP contribution < -0.4 is 5.43 Å². The minimum absolute atomic E-state index is 0.154. The summed E-state index contributed by atoms with van der Waals surface area (Å²) < 4.78 is 7.66. The average Bonchev–Trinajstić information content (AvgIpc) is 2.90. The summed E-state index contributed by atoms with van der Waals surface area (Å²) in [5.74, 6) is -0.514. The van der Waals surface area contributed by atoms with Gasteiger partial charge in [0.15, 0.2) is 5.16 Å². The first-order chi connectivity index (χ1) is 10.6. The van der Waals surface area contributed by atoms with Crippen molar-refractivity contribution in [2.75, 3.05) is 12.0 Å². The molecule has 0 aliphatic rings. The number of esters is 1. The van der Waals surface area contributed by atoms with E-state index in [-0.39, 0.29) is 11.7 Å². The fraction of sp³-hybridized carbons (Fsp3) is 0.231. The lowest BCUT2D eigenvalue weighted by Gasteiger charge is -2.06. The minimum Gasteiger partial charge on any atom is -0.461 e. The van der Waals surface area contributed by atoms with Crippen molar-refractivity contribution >= 4 is 44.4 Å². The summed E-state index contributed by atoms with van der Waals surface area (Å²) in [4.78, 5) is 12.0. The van der Waals surface area contributed by atoms with Crippen LogP contribution in [0, 0.1) is 0 Å². The van der Waals surface area contributed by atoms with Gasteiger partial charge in [-0.15, -0.1) is 10.2 Å². The number of anilines is 1. The Balaban J connectivity index is 2.16. The SMILES string of the molecule is CCOC(=O)/C(=N/Nc1ccc(Br)cc1)Sc1nncn1C. The van der Waals surface area contributed by atoms with E-state index in [2.05, 4.69) is 36.7 Å². The molecule has 116 valence electrons. The largest absolute Gasteiger partial charge is 0.461 e. The maximum Gasteiger partial charge on any atom is 0.365 e. The van der Waals surface area contributed by atoms with Crippen molar-refractivity contribution < 1.29 is 9.53 Å². The number of hydrogen-bond donors (Lipinski definition) is 1. The molecule has 0 amide bonds. The van der Waals surface area contributed by atoms with E-state index in [1.54, 1.807) is 24.9 Å². The lowest BCUT2D eigenvalue weighted by atomic mass is 10.3. The van der Waals surface area contributed by atoms with Gasteiger partial charge >= 0.3 is 5.97 Å². The van der Waals surface area contributed by atoms with Crippen LogP contribution in [0.3, 0.4) is 0 Å². The second-order valence-electron chi connectivity index (χ2n) is 4.08. The molecule has 9 heteroatoms. The maximum atomic E-state index is 12.0. The summed E-state index contributed by atoms with van der Waals surface area (Å²) in [6.45, 7) is 2.01. The Morgan fingerprint density at radius 3 is 2.77 bits per heavy atom. The van der Waals surface area contributed by atoms with E-state index in [4.69, 9.17) is 4.74 Å². The number of carbonyl (C=O) groups excluding carboxylic acids is 1. The Bertz CT molecular complexity index is 671. The Morgan fingerprint density at radius 1 is 1.45 bits per heavy atom. The highest BCUT2D eigenvalue weighted by molar-refractivity contribution is 9.10. The third kappa shape index (κ3) is 4.57. The van der Waals surface area contributed by atoms with Gasteiger partial charge in [0.25, 0.3) is 0 Å².